The zero-order valence-corrected chi connectivity index (χ0v) is 14.5. The van der Waals surface area contributed by atoms with Crippen LogP contribution in [0.4, 0.5) is 0 Å². The molecule has 1 aliphatic heterocycles. The van der Waals surface area contributed by atoms with E-state index in [1.165, 1.54) is 13.2 Å². The lowest BCUT2D eigenvalue weighted by molar-refractivity contribution is 0.103. The number of aromatic hydroxyl groups is 2. The molecule has 0 aromatic heterocycles. The Bertz CT molecular complexity index is 842. The normalized spacial score (nSPS) is 15.6. The van der Waals surface area contributed by atoms with Gasteiger partial charge in [-0.3, -0.25) is 4.79 Å². The molecule has 0 unspecified atom stereocenters. The van der Waals surface area contributed by atoms with E-state index < -0.39 is 0 Å². The Hall–Kier alpha value is -2.47. The minimum Gasteiger partial charge on any atom is -0.507 e. The Morgan fingerprint density at radius 1 is 1.21 bits per heavy atom. The number of rotatable bonds is 2. The van der Waals surface area contributed by atoms with E-state index in [4.69, 9.17) is 9.47 Å². The lowest BCUT2D eigenvalue weighted by atomic mass is 9.98. The summed E-state index contributed by atoms with van der Waals surface area (Å²) in [7, 11) is 1.47. The van der Waals surface area contributed by atoms with Crippen LogP contribution in [0.2, 0.25) is 0 Å². The summed E-state index contributed by atoms with van der Waals surface area (Å²) < 4.78 is 11.5. The molecule has 2 aromatic rings. The average Bonchev–Trinajstić information content (AvgIpc) is 2.70. The maximum Gasteiger partial charge on any atom is 0.196 e. The van der Waals surface area contributed by atoms with E-state index in [0.717, 1.165) is 4.47 Å². The van der Waals surface area contributed by atoms with Gasteiger partial charge in [-0.15, -0.1) is 0 Å². The molecule has 1 heterocycles. The van der Waals surface area contributed by atoms with Crippen molar-refractivity contribution in [2.45, 2.75) is 6.42 Å². The van der Waals surface area contributed by atoms with E-state index in [9.17, 15) is 15.0 Å². The van der Waals surface area contributed by atoms with Crippen LogP contribution in [0.15, 0.2) is 40.4 Å². The van der Waals surface area contributed by atoms with Crippen molar-refractivity contribution in [3.8, 4) is 23.0 Å². The molecular formula is C18H15BrO5. The Morgan fingerprint density at radius 2 is 2.00 bits per heavy atom. The highest BCUT2D eigenvalue weighted by atomic mass is 79.9. The molecule has 0 bridgehead atoms. The highest BCUT2D eigenvalue weighted by Crippen LogP contribution is 2.38. The number of carbonyl (C=O) groups is 1. The second-order valence-corrected chi connectivity index (χ2v) is 6.24. The first-order valence-corrected chi connectivity index (χ1v) is 8.06. The van der Waals surface area contributed by atoms with Crippen LogP contribution in [0.5, 0.6) is 23.0 Å². The molecule has 0 spiro atoms. The van der Waals surface area contributed by atoms with E-state index in [1.54, 1.807) is 30.3 Å². The Balaban J connectivity index is 2.08. The van der Waals surface area contributed by atoms with E-state index in [2.05, 4.69) is 15.9 Å². The van der Waals surface area contributed by atoms with Crippen molar-refractivity contribution in [3.05, 3.63) is 51.5 Å². The minimum atomic E-state index is -0.331. The number of ether oxygens (including phenoxy) is 2. The molecule has 0 saturated carbocycles. The first-order chi connectivity index (χ1) is 11.5. The monoisotopic (exact) mass is 390 g/mol. The topological polar surface area (TPSA) is 76.0 Å². The summed E-state index contributed by atoms with van der Waals surface area (Å²) >= 11 is 3.34. The van der Waals surface area contributed by atoms with Gasteiger partial charge in [0.2, 0.25) is 0 Å². The fraction of sp³-hybridized carbons (Fsp3) is 0.167. The number of hydrogen-bond acceptors (Lipinski definition) is 5. The SMILES string of the molecule is COc1cc(O)c2c(c1)OCC/C(=C\c1cc(Br)ccc1O)C2=O. The zero-order chi connectivity index (χ0) is 17.3. The van der Waals surface area contributed by atoms with E-state index in [0.29, 0.717) is 29.1 Å². The van der Waals surface area contributed by atoms with Crippen molar-refractivity contribution in [2.24, 2.45) is 0 Å². The summed E-state index contributed by atoms with van der Waals surface area (Å²) in [5.74, 6) is 0.250. The number of Topliss-reactive ketones (excluding diaryl/α,β-unsaturated/α-hetero) is 1. The molecule has 6 heteroatoms. The number of methoxy groups -OCH3 is 1. The van der Waals surface area contributed by atoms with Crippen molar-refractivity contribution in [3.63, 3.8) is 0 Å². The summed E-state index contributed by atoms with van der Waals surface area (Å²) in [5.41, 5.74) is 1.07. The fourth-order valence-corrected chi connectivity index (χ4v) is 2.93. The van der Waals surface area contributed by atoms with Crippen LogP contribution in [0.1, 0.15) is 22.3 Å². The van der Waals surface area contributed by atoms with Gasteiger partial charge < -0.3 is 19.7 Å². The molecule has 2 aromatic carbocycles. The Kier molecular flexibility index (Phi) is 4.49. The highest BCUT2D eigenvalue weighted by molar-refractivity contribution is 9.10. The molecule has 1 aliphatic rings. The minimum absolute atomic E-state index is 0.0721. The molecule has 0 amide bonds. The average molecular weight is 391 g/mol. The first-order valence-electron chi connectivity index (χ1n) is 7.27. The number of fused-ring (bicyclic) bond motifs is 1. The summed E-state index contributed by atoms with van der Waals surface area (Å²) in [6.07, 6.45) is 1.98. The van der Waals surface area contributed by atoms with Crippen LogP contribution in [0, 0.1) is 0 Å². The predicted molar refractivity (Wildman–Crippen MR) is 92.9 cm³/mol. The van der Waals surface area contributed by atoms with Gasteiger partial charge in [0, 0.05) is 34.2 Å². The van der Waals surface area contributed by atoms with Crippen LogP contribution in [-0.2, 0) is 0 Å². The molecule has 0 radical (unpaired) electrons. The number of ketones is 1. The summed E-state index contributed by atoms with van der Waals surface area (Å²) in [6, 6.07) is 7.93. The predicted octanol–water partition coefficient (Wildman–Crippen LogP) is 3.92. The lowest BCUT2D eigenvalue weighted by Crippen LogP contribution is -2.03. The molecule has 2 N–H and O–H groups in total. The van der Waals surface area contributed by atoms with Gasteiger partial charge in [-0.05, 0) is 24.3 Å². The third kappa shape index (κ3) is 3.10. The van der Waals surface area contributed by atoms with E-state index in [1.807, 2.05) is 0 Å². The van der Waals surface area contributed by atoms with Crippen LogP contribution in [-0.4, -0.2) is 29.7 Å². The van der Waals surface area contributed by atoms with Crippen molar-refractivity contribution >= 4 is 27.8 Å². The molecule has 0 saturated heterocycles. The van der Waals surface area contributed by atoms with Gasteiger partial charge in [-0.25, -0.2) is 0 Å². The van der Waals surface area contributed by atoms with E-state index >= 15 is 0 Å². The maximum atomic E-state index is 12.8. The Morgan fingerprint density at radius 3 is 2.75 bits per heavy atom. The molecule has 0 fully saturated rings. The number of halogens is 1. The molecule has 0 atom stereocenters. The second-order valence-electron chi connectivity index (χ2n) is 5.32. The van der Waals surface area contributed by atoms with E-state index in [-0.39, 0.29) is 29.5 Å². The maximum absolute atomic E-state index is 12.8. The third-order valence-electron chi connectivity index (χ3n) is 3.76. The van der Waals surface area contributed by atoms with Crippen molar-refractivity contribution in [1.29, 1.82) is 0 Å². The van der Waals surface area contributed by atoms with Crippen molar-refractivity contribution < 1.29 is 24.5 Å². The zero-order valence-electron chi connectivity index (χ0n) is 12.9. The Labute approximate surface area is 147 Å². The first kappa shape index (κ1) is 16.4. The lowest BCUT2D eigenvalue weighted by Gasteiger charge is -2.10. The van der Waals surface area contributed by atoms with Gasteiger partial charge >= 0.3 is 0 Å². The van der Waals surface area contributed by atoms with Crippen LogP contribution < -0.4 is 9.47 Å². The van der Waals surface area contributed by atoms with Crippen LogP contribution in [0.3, 0.4) is 0 Å². The number of hydrogen-bond donors (Lipinski definition) is 2. The molecule has 124 valence electrons. The quantitative estimate of drug-likeness (QED) is 0.760. The van der Waals surface area contributed by atoms with Crippen LogP contribution >= 0.6 is 15.9 Å². The molecular weight excluding hydrogens is 376 g/mol. The second kappa shape index (κ2) is 6.57. The van der Waals surface area contributed by atoms with Crippen molar-refractivity contribution in [1.82, 2.24) is 0 Å². The number of benzene rings is 2. The van der Waals surface area contributed by atoms with Crippen LogP contribution in [0.25, 0.3) is 6.08 Å². The van der Waals surface area contributed by atoms with Gasteiger partial charge in [0.15, 0.2) is 5.78 Å². The van der Waals surface area contributed by atoms with Gasteiger partial charge in [-0.1, -0.05) is 15.9 Å². The fourth-order valence-electron chi connectivity index (χ4n) is 2.55. The number of phenolic OH excluding ortho intramolecular Hbond substituents is 2. The molecule has 5 nitrogen and oxygen atoms in total. The summed E-state index contributed by atoms with van der Waals surface area (Å²) in [5, 5.41) is 20.1. The third-order valence-corrected chi connectivity index (χ3v) is 4.25. The summed E-state index contributed by atoms with van der Waals surface area (Å²) in [6.45, 7) is 0.284. The van der Waals surface area contributed by atoms with Gasteiger partial charge in [0.05, 0.1) is 13.7 Å². The molecule has 0 aliphatic carbocycles. The highest BCUT2D eigenvalue weighted by Gasteiger charge is 2.26. The number of carbonyl (C=O) groups excluding carboxylic acids is 1. The largest absolute Gasteiger partial charge is 0.507 e. The van der Waals surface area contributed by atoms with Gasteiger partial charge in [0.1, 0.15) is 28.6 Å². The summed E-state index contributed by atoms with van der Waals surface area (Å²) in [4.78, 5) is 12.8. The standard InChI is InChI=1S/C18H15BrO5/c1-23-13-8-15(21)17-16(9-13)24-5-4-10(18(17)22)6-11-7-12(19)2-3-14(11)20/h2-3,6-9,20-21H,4-5H2,1H3/b10-6+. The number of phenols is 2. The molecule has 3 rings (SSSR count). The smallest absolute Gasteiger partial charge is 0.196 e. The van der Waals surface area contributed by atoms with Gasteiger partial charge in [-0.2, -0.15) is 0 Å². The molecule has 24 heavy (non-hydrogen) atoms. The van der Waals surface area contributed by atoms with Gasteiger partial charge in [0.25, 0.3) is 0 Å². The van der Waals surface area contributed by atoms with Crippen molar-refractivity contribution in [2.75, 3.05) is 13.7 Å².